The first kappa shape index (κ1) is 13.3. The number of hydrogen-bond donors (Lipinski definition) is 1. The van der Waals surface area contributed by atoms with E-state index < -0.39 is 0 Å². The van der Waals surface area contributed by atoms with Gasteiger partial charge in [-0.1, -0.05) is 55.5 Å². The van der Waals surface area contributed by atoms with Crippen LogP contribution >= 0.6 is 11.3 Å². The summed E-state index contributed by atoms with van der Waals surface area (Å²) in [6.07, 6.45) is 0.357. The zero-order valence-corrected chi connectivity index (χ0v) is 12.3. The van der Waals surface area contributed by atoms with Crippen LogP contribution in [0.1, 0.15) is 24.0 Å². The summed E-state index contributed by atoms with van der Waals surface area (Å²) in [5.74, 6) is 0.148. The van der Waals surface area contributed by atoms with Gasteiger partial charge >= 0.3 is 0 Å². The van der Waals surface area contributed by atoms with E-state index in [1.807, 2.05) is 18.2 Å². The van der Waals surface area contributed by atoms with E-state index >= 15 is 0 Å². The monoisotopic (exact) mass is 282 g/mol. The Morgan fingerprint density at radius 3 is 2.50 bits per heavy atom. The van der Waals surface area contributed by atoms with Crippen molar-refractivity contribution in [3.05, 3.63) is 71.1 Å². The average Bonchev–Trinajstić information content (AvgIpc) is 2.91. The zero-order valence-electron chi connectivity index (χ0n) is 11.5. The molecule has 0 bridgehead atoms. The van der Waals surface area contributed by atoms with Crippen LogP contribution in [0.4, 0.5) is 0 Å². The molecule has 1 N–H and O–H groups in total. The van der Waals surface area contributed by atoms with Gasteiger partial charge in [0.25, 0.3) is 0 Å². The van der Waals surface area contributed by atoms with Crippen molar-refractivity contribution in [2.24, 2.45) is 0 Å². The van der Waals surface area contributed by atoms with Crippen LogP contribution in [0.25, 0.3) is 10.1 Å². The predicted octanol–water partition coefficient (Wildman–Crippen LogP) is 4.61. The normalized spacial score (nSPS) is 14.3. The van der Waals surface area contributed by atoms with Crippen molar-refractivity contribution in [1.82, 2.24) is 0 Å². The summed E-state index contributed by atoms with van der Waals surface area (Å²) in [5.41, 5.74) is 2.44. The maximum atomic E-state index is 10.5. The fraction of sp³-hybridized carbons (Fsp3) is 0.222. The highest BCUT2D eigenvalue weighted by Gasteiger charge is 2.18. The van der Waals surface area contributed by atoms with Crippen molar-refractivity contribution in [2.75, 3.05) is 0 Å². The third kappa shape index (κ3) is 2.62. The van der Waals surface area contributed by atoms with Crippen LogP contribution in [-0.2, 0) is 6.42 Å². The SMILES string of the molecule is CC(c1ccccc1)C(O)Cc1csc2ccccc12. The molecule has 102 valence electrons. The standard InChI is InChI=1S/C18H18OS/c1-13(14-7-3-2-4-8-14)17(19)11-15-12-20-18-10-6-5-9-16(15)18/h2-10,12-13,17,19H,11H2,1H3. The number of fused-ring (bicyclic) bond motifs is 1. The van der Waals surface area contributed by atoms with Gasteiger partial charge in [-0.05, 0) is 28.0 Å². The topological polar surface area (TPSA) is 20.2 Å². The van der Waals surface area contributed by atoms with Crippen molar-refractivity contribution in [3.63, 3.8) is 0 Å². The average molecular weight is 282 g/mol. The van der Waals surface area contributed by atoms with Gasteiger partial charge < -0.3 is 5.11 Å². The first-order chi connectivity index (χ1) is 9.75. The molecule has 0 aliphatic rings. The van der Waals surface area contributed by atoms with Gasteiger partial charge in [-0.15, -0.1) is 11.3 Å². The third-order valence-corrected chi connectivity index (χ3v) is 4.91. The van der Waals surface area contributed by atoms with Crippen LogP contribution in [0, 0.1) is 0 Å². The van der Waals surface area contributed by atoms with E-state index in [2.05, 4.69) is 48.7 Å². The molecule has 0 amide bonds. The molecular formula is C18H18OS. The number of hydrogen-bond acceptors (Lipinski definition) is 2. The lowest BCUT2D eigenvalue weighted by Gasteiger charge is -2.19. The van der Waals surface area contributed by atoms with Crippen LogP contribution in [0.2, 0.25) is 0 Å². The molecule has 2 unspecified atom stereocenters. The number of aliphatic hydroxyl groups is 1. The van der Waals surface area contributed by atoms with Crippen LogP contribution in [0.5, 0.6) is 0 Å². The Balaban J connectivity index is 1.80. The molecule has 0 aliphatic carbocycles. The van der Waals surface area contributed by atoms with E-state index in [1.54, 1.807) is 11.3 Å². The lowest BCUT2D eigenvalue weighted by Crippen LogP contribution is -2.18. The van der Waals surface area contributed by atoms with Crippen molar-refractivity contribution in [3.8, 4) is 0 Å². The van der Waals surface area contributed by atoms with Crippen molar-refractivity contribution < 1.29 is 5.11 Å². The van der Waals surface area contributed by atoms with Gasteiger partial charge in [-0.3, -0.25) is 0 Å². The molecule has 1 aromatic heterocycles. The second-order valence-corrected chi connectivity index (χ2v) is 6.14. The van der Waals surface area contributed by atoms with Crippen molar-refractivity contribution >= 4 is 21.4 Å². The molecule has 3 aromatic rings. The molecule has 2 aromatic carbocycles. The first-order valence-electron chi connectivity index (χ1n) is 6.94. The van der Waals surface area contributed by atoms with E-state index in [0.29, 0.717) is 6.42 Å². The quantitative estimate of drug-likeness (QED) is 0.741. The van der Waals surface area contributed by atoms with E-state index in [1.165, 1.54) is 21.2 Å². The smallest absolute Gasteiger partial charge is 0.0646 e. The molecule has 0 spiro atoms. The lowest BCUT2D eigenvalue weighted by molar-refractivity contribution is 0.150. The summed E-state index contributed by atoms with van der Waals surface area (Å²) in [7, 11) is 0. The maximum Gasteiger partial charge on any atom is 0.0646 e. The minimum Gasteiger partial charge on any atom is -0.392 e. The number of benzene rings is 2. The summed E-state index contributed by atoms with van der Waals surface area (Å²) in [5, 5.41) is 14.0. The Morgan fingerprint density at radius 2 is 1.70 bits per heavy atom. The predicted molar refractivity (Wildman–Crippen MR) is 86.4 cm³/mol. The molecule has 1 nitrogen and oxygen atoms in total. The highest BCUT2D eigenvalue weighted by Crippen LogP contribution is 2.29. The molecule has 20 heavy (non-hydrogen) atoms. The largest absolute Gasteiger partial charge is 0.392 e. The maximum absolute atomic E-state index is 10.5. The van der Waals surface area contributed by atoms with Crippen molar-refractivity contribution in [1.29, 1.82) is 0 Å². The molecule has 0 aliphatic heterocycles. The second kappa shape index (κ2) is 5.78. The Kier molecular flexibility index (Phi) is 3.86. The van der Waals surface area contributed by atoms with E-state index in [9.17, 15) is 5.11 Å². The molecule has 0 radical (unpaired) electrons. The van der Waals surface area contributed by atoms with Gasteiger partial charge in [0.15, 0.2) is 0 Å². The molecule has 0 saturated heterocycles. The minimum atomic E-state index is -0.351. The van der Waals surface area contributed by atoms with Gasteiger partial charge in [-0.2, -0.15) is 0 Å². The zero-order chi connectivity index (χ0) is 13.9. The number of aliphatic hydroxyl groups excluding tert-OH is 1. The van der Waals surface area contributed by atoms with Crippen molar-refractivity contribution in [2.45, 2.75) is 25.4 Å². The van der Waals surface area contributed by atoms with E-state index in [-0.39, 0.29) is 12.0 Å². The lowest BCUT2D eigenvalue weighted by atomic mass is 9.91. The van der Waals surface area contributed by atoms with Crippen LogP contribution in [0.3, 0.4) is 0 Å². The summed E-state index contributed by atoms with van der Waals surface area (Å²) < 4.78 is 1.29. The second-order valence-electron chi connectivity index (χ2n) is 5.23. The highest BCUT2D eigenvalue weighted by atomic mass is 32.1. The molecule has 2 atom stereocenters. The van der Waals surface area contributed by atoms with Gasteiger partial charge in [0.2, 0.25) is 0 Å². The highest BCUT2D eigenvalue weighted by molar-refractivity contribution is 7.17. The molecular weight excluding hydrogens is 264 g/mol. The number of rotatable bonds is 4. The minimum absolute atomic E-state index is 0.148. The van der Waals surface area contributed by atoms with Gasteiger partial charge in [-0.25, -0.2) is 0 Å². The van der Waals surface area contributed by atoms with Crippen LogP contribution in [-0.4, -0.2) is 11.2 Å². The van der Waals surface area contributed by atoms with Crippen LogP contribution < -0.4 is 0 Å². The Hall–Kier alpha value is -1.64. The molecule has 0 fully saturated rings. The Morgan fingerprint density at radius 1 is 1.00 bits per heavy atom. The Labute approximate surface area is 123 Å². The molecule has 1 heterocycles. The fourth-order valence-electron chi connectivity index (χ4n) is 2.57. The van der Waals surface area contributed by atoms with Crippen LogP contribution in [0.15, 0.2) is 60.0 Å². The van der Waals surface area contributed by atoms with E-state index in [0.717, 1.165) is 0 Å². The third-order valence-electron chi connectivity index (χ3n) is 3.89. The van der Waals surface area contributed by atoms with Gasteiger partial charge in [0, 0.05) is 17.0 Å². The van der Waals surface area contributed by atoms with Gasteiger partial charge in [0.05, 0.1) is 6.10 Å². The Bertz CT molecular complexity index is 687. The first-order valence-corrected chi connectivity index (χ1v) is 7.82. The molecule has 3 rings (SSSR count). The molecule has 0 saturated carbocycles. The summed E-state index contributed by atoms with van der Waals surface area (Å²) in [4.78, 5) is 0. The number of thiophene rings is 1. The summed E-state index contributed by atoms with van der Waals surface area (Å²) in [6.45, 7) is 2.09. The van der Waals surface area contributed by atoms with Gasteiger partial charge in [0.1, 0.15) is 0 Å². The summed E-state index contributed by atoms with van der Waals surface area (Å²) in [6, 6.07) is 18.6. The van der Waals surface area contributed by atoms with E-state index in [4.69, 9.17) is 0 Å². The molecule has 2 heteroatoms. The fourth-order valence-corrected chi connectivity index (χ4v) is 3.55. The summed E-state index contributed by atoms with van der Waals surface area (Å²) >= 11 is 1.75.